The van der Waals surface area contributed by atoms with Gasteiger partial charge in [-0.3, -0.25) is 9.59 Å². The van der Waals surface area contributed by atoms with Crippen molar-refractivity contribution >= 4 is 17.8 Å². The molecule has 1 spiro atoms. The molecule has 110 valence electrons. The Hall–Kier alpha value is -2.18. The fourth-order valence-electron chi connectivity index (χ4n) is 2.79. The molecule has 1 fully saturated rings. The van der Waals surface area contributed by atoms with E-state index in [1.165, 1.54) is 6.08 Å². The summed E-state index contributed by atoms with van der Waals surface area (Å²) in [5.41, 5.74) is 2.66. The zero-order valence-corrected chi connectivity index (χ0v) is 11.4. The van der Waals surface area contributed by atoms with Crippen LogP contribution in [0.1, 0.15) is 28.8 Å². The molecule has 1 amide bonds. The van der Waals surface area contributed by atoms with E-state index in [-0.39, 0.29) is 5.78 Å². The fraction of sp³-hybridized carbons (Fsp3) is 0.333. The smallest absolute Gasteiger partial charge is 0.306 e. The van der Waals surface area contributed by atoms with Gasteiger partial charge < -0.3 is 15.3 Å². The van der Waals surface area contributed by atoms with Gasteiger partial charge in [-0.25, -0.2) is 0 Å². The molecule has 1 unspecified atom stereocenters. The highest BCUT2D eigenvalue weighted by atomic mass is 16.5. The number of Topliss-reactive ketones (excluding diaryl/α,β-unsaturated/α-hetero) is 1. The maximum Gasteiger partial charge on any atom is 0.306 e. The molecular weight excluding hydrogens is 272 g/mol. The molecule has 1 atom stereocenters. The van der Waals surface area contributed by atoms with Gasteiger partial charge in [0.05, 0.1) is 12.0 Å². The van der Waals surface area contributed by atoms with E-state index < -0.39 is 11.5 Å². The average Bonchev–Trinajstić information content (AvgIpc) is 2.92. The van der Waals surface area contributed by atoms with Crippen molar-refractivity contribution in [3.05, 3.63) is 35.4 Å². The number of carbonyl (C=O) groups is 2. The highest BCUT2D eigenvalue weighted by Crippen LogP contribution is 2.37. The standard InChI is InChI=1S/C15H16N2O4/c18-12-8-15(5-6-16-9-15)21-13-3-1-10(7-11(12)13)2-4-14(19)17-20/h1-4,7,16,20H,5-6,8-9H2,(H,17,19)/p+1/b4-2+. The SMILES string of the molecule is O=C(/C=C/c1ccc2c(c1)C(=O)CC1(CCNC1)O2)N[OH2+]. The molecule has 2 aliphatic heterocycles. The molecule has 1 saturated heterocycles. The Morgan fingerprint density at radius 3 is 3.05 bits per heavy atom. The molecule has 3 rings (SSSR count). The topological polar surface area (TPSA) is 90.3 Å². The minimum atomic E-state index is -0.508. The van der Waals surface area contributed by atoms with Crippen LogP contribution in [-0.2, 0) is 4.79 Å². The third-order valence-electron chi connectivity index (χ3n) is 3.87. The van der Waals surface area contributed by atoms with Crippen LogP contribution in [0.3, 0.4) is 0 Å². The lowest BCUT2D eigenvalue weighted by molar-refractivity contribution is -0.124. The minimum Gasteiger partial charge on any atom is -0.485 e. The van der Waals surface area contributed by atoms with Crippen LogP contribution in [0.15, 0.2) is 24.3 Å². The van der Waals surface area contributed by atoms with Crippen molar-refractivity contribution in [3.63, 3.8) is 0 Å². The molecule has 21 heavy (non-hydrogen) atoms. The number of hydroxylamine groups is 1. The first kappa shape index (κ1) is 13.8. The third-order valence-corrected chi connectivity index (χ3v) is 3.87. The Kier molecular flexibility index (Phi) is 3.48. The molecule has 1 aromatic carbocycles. The van der Waals surface area contributed by atoms with Gasteiger partial charge in [-0.05, 0) is 30.3 Å². The molecule has 4 N–H and O–H groups in total. The lowest BCUT2D eigenvalue weighted by Gasteiger charge is -2.34. The summed E-state index contributed by atoms with van der Waals surface area (Å²) in [4.78, 5) is 23.4. The molecule has 6 heteroatoms. The second kappa shape index (κ2) is 5.31. The Morgan fingerprint density at radius 1 is 1.48 bits per heavy atom. The molecular formula is C15H17N2O4+. The average molecular weight is 289 g/mol. The fourth-order valence-corrected chi connectivity index (χ4v) is 2.79. The zero-order valence-electron chi connectivity index (χ0n) is 11.4. The second-order valence-electron chi connectivity index (χ2n) is 5.39. The Morgan fingerprint density at radius 2 is 2.33 bits per heavy atom. The molecule has 0 saturated carbocycles. The molecule has 1 aromatic rings. The van der Waals surface area contributed by atoms with E-state index >= 15 is 0 Å². The van der Waals surface area contributed by atoms with Crippen molar-refractivity contribution in [1.29, 1.82) is 0 Å². The summed E-state index contributed by atoms with van der Waals surface area (Å²) in [6.07, 6.45) is 4.04. The third kappa shape index (κ3) is 2.68. The van der Waals surface area contributed by atoms with Crippen molar-refractivity contribution in [2.45, 2.75) is 18.4 Å². The van der Waals surface area contributed by atoms with Gasteiger partial charge in [0, 0.05) is 19.0 Å². The monoisotopic (exact) mass is 289 g/mol. The number of rotatable bonds is 2. The Bertz CT molecular complexity index is 618. The summed E-state index contributed by atoms with van der Waals surface area (Å²) in [5.74, 6) is 0.170. The lowest BCUT2D eigenvalue weighted by atomic mass is 9.88. The molecule has 6 nitrogen and oxygen atoms in total. The van der Waals surface area contributed by atoms with Crippen LogP contribution in [0.25, 0.3) is 6.08 Å². The van der Waals surface area contributed by atoms with E-state index in [2.05, 4.69) is 5.32 Å². The predicted octanol–water partition coefficient (Wildman–Crippen LogP) is 0.153. The normalized spacial score (nSPS) is 24.1. The van der Waals surface area contributed by atoms with Crippen LogP contribution in [-0.4, -0.2) is 35.6 Å². The Labute approximate surface area is 121 Å². The van der Waals surface area contributed by atoms with Crippen LogP contribution in [0, 0.1) is 0 Å². The van der Waals surface area contributed by atoms with Gasteiger partial charge >= 0.3 is 5.91 Å². The molecule has 0 aromatic heterocycles. The molecule has 0 bridgehead atoms. The number of ether oxygens (including phenoxy) is 1. The van der Waals surface area contributed by atoms with E-state index in [0.717, 1.165) is 18.5 Å². The molecule has 2 aliphatic rings. The summed E-state index contributed by atoms with van der Waals surface area (Å²) in [6, 6.07) is 5.28. The zero-order chi connectivity index (χ0) is 14.9. The van der Waals surface area contributed by atoms with Gasteiger partial charge in [-0.1, -0.05) is 6.07 Å². The van der Waals surface area contributed by atoms with Gasteiger partial charge in [-0.15, -0.1) is 5.48 Å². The number of ketones is 1. The summed E-state index contributed by atoms with van der Waals surface area (Å²) in [7, 11) is 0. The number of amides is 1. The quantitative estimate of drug-likeness (QED) is 0.461. The summed E-state index contributed by atoms with van der Waals surface area (Å²) < 4.78 is 6.04. The van der Waals surface area contributed by atoms with Crippen LogP contribution in [0.2, 0.25) is 0 Å². The summed E-state index contributed by atoms with van der Waals surface area (Å²) in [5, 5.41) is 9.95. The molecule has 0 aliphatic carbocycles. The van der Waals surface area contributed by atoms with Crippen molar-refractivity contribution < 1.29 is 19.5 Å². The predicted molar refractivity (Wildman–Crippen MR) is 77.0 cm³/mol. The van der Waals surface area contributed by atoms with Gasteiger partial charge in [0.1, 0.15) is 11.4 Å². The van der Waals surface area contributed by atoms with Gasteiger partial charge in [0.25, 0.3) is 0 Å². The first-order valence-corrected chi connectivity index (χ1v) is 6.84. The van der Waals surface area contributed by atoms with Crippen molar-refractivity contribution in [2.75, 3.05) is 13.1 Å². The first-order chi connectivity index (χ1) is 10.1. The van der Waals surface area contributed by atoms with E-state index in [1.807, 2.05) is 0 Å². The van der Waals surface area contributed by atoms with Crippen molar-refractivity contribution in [1.82, 2.24) is 10.8 Å². The van der Waals surface area contributed by atoms with Crippen molar-refractivity contribution in [2.24, 2.45) is 0 Å². The van der Waals surface area contributed by atoms with E-state index in [9.17, 15) is 9.59 Å². The van der Waals surface area contributed by atoms with Gasteiger partial charge in [0.2, 0.25) is 0 Å². The second-order valence-corrected chi connectivity index (χ2v) is 5.39. The number of hydrogen-bond donors (Lipinski definition) is 2. The lowest BCUT2D eigenvalue weighted by Crippen LogP contribution is -2.43. The summed E-state index contributed by atoms with van der Waals surface area (Å²) in [6.45, 7) is 1.56. The van der Waals surface area contributed by atoms with Gasteiger partial charge in [0.15, 0.2) is 5.78 Å². The maximum atomic E-state index is 12.4. The van der Waals surface area contributed by atoms with Gasteiger partial charge in [-0.2, -0.15) is 0 Å². The molecule has 0 radical (unpaired) electrons. The highest BCUT2D eigenvalue weighted by molar-refractivity contribution is 6.01. The largest absolute Gasteiger partial charge is 0.485 e. The van der Waals surface area contributed by atoms with Crippen LogP contribution >= 0.6 is 0 Å². The number of carbonyl (C=O) groups excluding carboxylic acids is 2. The summed E-state index contributed by atoms with van der Waals surface area (Å²) >= 11 is 0. The van der Waals surface area contributed by atoms with Crippen LogP contribution < -0.4 is 15.5 Å². The minimum absolute atomic E-state index is 0.0696. The van der Waals surface area contributed by atoms with E-state index in [0.29, 0.717) is 24.3 Å². The number of benzene rings is 1. The molecule has 2 heterocycles. The number of nitrogens with one attached hydrogen (secondary N) is 2. The van der Waals surface area contributed by atoms with Crippen molar-refractivity contribution in [3.8, 4) is 5.75 Å². The highest BCUT2D eigenvalue weighted by Gasteiger charge is 2.42. The first-order valence-electron chi connectivity index (χ1n) is 6.84. The van der Waals surface area contributed by atoms with Crippen LogP contribution in [0.5, 0.6) is 5.75 Å². The Balaban J connectivity index is 1.87. The van der Waals surface area contributed by atoms with E-state index in [4.69, 9.17) is 9.94 Å². The maximum absolute atomic E-state index is 12.4. The van der Waals surface area contributed by atoms with Crippen LogP contribution in [0.4, 0.5) is 0 Å². The number of hydrogen-bond acceptors (Lipinski definition) is 4. The van der Waals surface area contributed by atoms with E-state index in [1.54, 1.807) is 29.8 Å². The number of fused-ring (bicyclic) bond motifs is 1.